The Labute approximate surface area is 93.6 Å². The van der Waals surface area contributed by atoms with Crippen molar-refractivity contribution in [1.29, 1.82) is 0 Å². The molecule has 1 aromatic rings. The van der Waals surface area contributed by atoms with Gasteiger partial charge in [0.2, 0.25) is 0 Å². The lowest BCUT2D eigenvalue weighted by molar-refractivity contribution is -0.105. The first kappa shape index (κ1) is 10.4. The van der Waals surface area contributed by atoms with E-state index in [1.807, 2.05) is 12.1 Å². The summed E-state index contributed by atoms with van der Waals surface area (Å²) in [7, 11) is 0. The Morgan fingerprint density at radius 1 is 1.56 bits per heavy atom. The van der Waals surface area contributed by atoms with Crippen LogP contribution >= 0.6 is 0 Å². The molecule has 0 saturated heterocycles. The number of carbonyl (C=O) groups excluding carboxylic acids is 1. The van der Waals surface area contributed by atoms with Crippen molar-refractivity contribution in [3.05, 3.63) is 53.7 Å². The highest BCUT2D eigenvalue weighted by atomic mass is 16.5. The molecular weight excluding hydrogens is 204 g/mol. The highest BCUT2D eigenvalue weighted by Crippen LogP contribution is 2.13. The molecule has 1 N–H and O–H groups in total. The van der Waals surface area contributed by atoms with Crippen LogP contribution in [0.2, 0.25) is 0 Å². The first-order valence-corrected chi connectivity index (χ1v) is 5.01. The molecule has 0 spiro atoms. The molecule has 1 aliphatic rings. The zero-order valence-electron chi connectivity index (χ0n) is 8.72. The van der Waals surface area contributed by atoms with Crippen molar-refractivity contribution in [2.45, 2.75) is 6.61 Å². The number of rotatable bonds is 4. The van der Waals surface area contributed by atoms with Gasteiger partial charge in [0.1, 0.15) is 12.4 Å². The van der Waals surface area contributed by atoms with E-state index < -0.39 is 0 Å². The number of aromatic nitrogens is 1. The third-order valence-electron chi connectivity index (χ3n) is 2.20. The van der Waals surface area contributed by atoms with E-state index in [1.54, 1.807) is 24.7 Å². The van der Waals surface area contributed by atoms with Gasteiger partial charge in [0.15, 0.2) is 6.29 Å². The van der Waals surface area contributed by atoms with E-state index in [0.29, 0.717) is 24.5 Å². The molecule has 4 nitrogen and oxygen atoms in total. The molecule has 2 heterocycles. The van der Waals surface area contributed by atoms with Gasteiger partial charge in [-0.15, -0.1) is 0 Å². The SMILES string of the molecule is O=CC1=CCNC=C1OCc1cccnc1. The summed E-state index contributed by atoms with van der Waals surface area (Å²) >= 11 is 0. The van der Waals surface area contributed by atoms with Crippen LogP contribution in [-0.4, -0.2) is 17.8 Å². The highest BCUT2D eigenvalue weighted by Gasteiger charge is 2.09. The molecule has 16 heavy (non-hydrogen) atoms. The number of dihydropyridines is 1. The number of nitrogens with one attached hydrogen (secondary N) is 1. The second-order valence-electron chi connectivity index (χ2n) is 3.34. The molecule has 0 fully saturated rings. The van der Waals surface area contributed by atoms with E-state index in [0.717, 1.165) is 11.8 Å². The summed E-state index contributed by atoms with van der Waals surface area (Å²) in [5, 5.41) is 3.00. The monoisotopic (exact) mass is 216 g/mol. The lowest BCUT2D eigenvalue weighted by Crippen LogP contribution is -2.15. The molecule has 0 amide bonds. The Morgan fingerprint density at radius 2 is 2.50 bits per heavy atom. The summed E-state index contributed by atoms with van der Waals surface area (Å²) in [6.07, 6.45) is 7.75. The minimum absolute atomic E-state index is 0.409. The van der Waals surface area contributed by atoms with E-state index in [1.165, 1.54) is 0 Å². The van der Waals surface area contributed by atoms with Crippen molar-refractivity contribution in [2.24, 2.45) is 0 Å². The van der Waals surface area contributed by atoms with Gasteiger partial charge in [-0.1, -0.05) is 12.1 Å². The van der Waals surface area contributed by atoms with E-state index in [9.17, 15) is 4.79 Å². The summed E-state index contributed by atoms with van der Waals surface area (Å²) in [5.41, 5.74) is 1.56. The number of nitrogens with zero attached hydrogens (tertiary/aromatic N) is 1. The summed E-state index contributed by atoms with van der Waals surface area (Å²) in [6.45, 7) is 1.07. The molecule has 1 aliphatic heterocycles. The van der Waals surface area contributed by atoms with Crippen LogP contribution in [-0.2, 0) is 16.1 Å². The third kappa shape index (κ3) is 2.48. The molecule has 0 aromatic carbocycles. The van der Waals surface area contributed by atoms with Crippen LogP contribution < -0.4 is 5.32 Å². The van der Waals surface area contributed by atoms with Crippen LogP contribution in [0.5, 0.6) is 0 Å². The van der Waals surface area contributed by atoms with Crippen LogP contribution in [0.15, 0.2) is 48.1 Å². The summed E-state index contributed by atoms with van der Waals surface area (Å²) < 4.78 is 5.53. The molecule has 1 aromatic heterocycles. The Morgan fingerprint density at radius 3 is 3.25 bits per heavy atom. The van der Waals surface area contributed by atoms with Crippen molar-refractivity contribution in [1.82, 2.24) is 10.3 Å². The zero-order chi connectivity index (χ0) is 11.2. The second kappa shape index (κ2) is 5.11. The van der Waals surface area contributed by atoms with E-state index >= 15 is 0 Å². The molecule has 0 atom stereocenters. The smallest absolute Gasteiger partial charge is 0.153 e. The molecule has 0 unspecified atom stereocenters. The topological polar surface area (TPSA) is 51.2 Å². The molecule has 0 bridgehead atoms. The van der Waals surface area contributed by atoms with Crippen LogP contribution in [0.4, 0.5) is 0 Å². The molecule has 2 rings (SSSR count). The lowest BCUT2D eigenvalue weighted by Gasteiger charge is -2.14. The van der Waals surface area contributed by atoms with Crippen LogP contribution in [0.1, 0.15) is 5.56 Å². The summed E-state index contributed by atoms with van der Waals surface area (Å²) in [6, 6.07) is 3.77. The van der Waals surface area contributed by atoms with Gasteiger partial charge in [-0.3, -0.25) is 9.78 Å². The molecule has 4 heteroatoms. The minimum Gasteiger partial charge on any atom is -0.487 e. The highest BCUT2D eigenvalue weighted by molar-refractivity contribution is 5.79. The Kier molecular flexibility index (Phi) is 3.33. The zero-order valence-corrected chi connectivity index (χ0v) is 8.72. The minimum atomic E-state index is 0.409. The maximum atomic E-state index is 10.8. The van der Waals surface area contributed by atoms with Crippen LogP contribution in [0.25, 0.3) is 0 Å². The van der Waals surface area contributed by atoms with Gasteiger partial charge in [-0.25, -0.2) is 0 Å². The lowest BCUT2D eigenvalue weighted by atomic mass is 10.2. The largest absolute Gasteiger partial charge is 0.487 e. The molecule has 0 radical (unpaired) electrons. The molecule has 0 aliphatic carbocycles. The predicted molar refractivity (Wildman–Crippen MR) is 59.3 cm³/mol. The van der Waals surface area contributed by atoms with Gasteiger partial charge in [-0.05, 0) is 6.07 Å². The average molecular weight is 216 g/mol. The standard InChI is InChI=1S/C12H12N2O2/c15-8-11-3-5-14-7-12(11)16-9-10-2-1-4-13-6-10/h1-4,6-8,14H,5,9H2. The van der Waals surface area contributed by atoms with Crippen LogP contribution in [0.3, 0.4) is 0 Å². The average Bonchev–Trinajstić information content (AvgIpc) is 2.38. The van der Waals surface area contributed by atoms with Gasteiger partial charge in [0, 0.05) is 30.7 Å². The van der Waals surface area contributed by atoms with Crippen molar-refractivity contribution >= 4 is 6.29 Å². The Balaban J connectivity index is 1.98. The number of ether oxygens (including phenoxy) is 1. The quantitative estimate of drug-likeness (QED) is 0.767. The maximum Gasteiger partial charge on any atom is 0.153 e. The molecule has 0 saturated carbocycles. The number of aldehydes is 1. The maximum absolute atomic E-state index is 10.8. The normalized spacial score (nSPS) is 14.5. The molecule has 82 valence electrons. The van der Waals surface area contributed by atoms with Gasteiger partial charge in [0.05, 0.1) is 5.57 Å². The summed E-state index contributed by atoms with van der Waals surface area (Å²) in [4.78, 5) is 14.7. The second-order valence-corrected chi connectivity index (χ2v) is 3.34. The summed E-state index contributed by atoms with van der Waals surface area (Å²) in [5.74, 6) is 0.574. The fraction of sp³-hybridized carbons (Fsp3) is 0.167. The fourth-order valence-electron chi connectivity index (χ4n) is 1.38. The predicted octanol–water partition coefficient (Wildman–Crippen LogP) is 1.17. The van der Waals surface area contributed by atoms with Gasteiger partial charge in [-0.2, -0.15) is 0 Å². The van der Waals surface area contributed by atoms with Crippen molar-refractivity contribution in [3.63, 3.8) is 0 Å². The first-order valence-electron chi connectivity index (χ1n) is 5.01. The Bertz CT molecular complexity index is 424. The first-order chi connectivity index (χ1) is 7.90. The number of hydrogen-bond donors (Lipinski definition) is 1. The number of hydrogen-bond acceptors (Lipinski definition) is 4. The van der Waals surface area contributed by atoms with Crippen molar-refractivity contribution in [2.75, 3.05) is 6.54 Å². The van der Waals surface area contributed by atoms with E-state index in [-0.39, 0.29) is 0 Å². The van der Waals surface area contributed by atoms with Crippen molar-refractivity contribution < 1.29 is 9.53 Å². The molecular formula is C12H12N2O2. The number of allylic oxidation sites excluding steroid dienone is 1. The Hall–Kier alpha value is -2.10. The number of pyridine rings is 1. The third-order valence-corrected chi connectivity index (χ3v) is 2.20. The fourth-order valence-corrected chi connectivity index (χ4v) is 1.38. The van der Waals surface area contributed by atoms with Crippen LogP contribution in [0, 0.1) is 0 Å². The van der Waals surface area contributed by atoms with Gasteiger partial charge < -0.3 is 10.1 Å². The van der Waals surface area contributed by atoms with Gasteiger partial charge in [0.25, 0.3) is 0 Å². The van der Waals surface area contributed by atoms with Gasteiger partial charge >= 0.3 is 0 Å². The van der Waals surface area contributed by atoms with E-state index in [2.05, 4.69) is 10.3 Å². The van der Waals surface area contributed by atoms with E-state index in [4.69, 9.17) is 4.74 Å². The number of carbonyl (C=O) groups is 1. The van der Waals surface area contributed by atoms with Crippen molar-refractivity contribution in [3.8, 4) is 0 Å².